The molecule has 156 valence electrons. The van der Waals surface area contributed by atoms with Crippen molar-refractivity contribution in [3.63, 3.8) is 0 Å². The first-order chi connectivity index (χ1) is 13.8. The molecule has 1 aliphatic heterocycles. The minimum absolute atomic E-state index is 0. The summed E-state index contributed by atoms with van der Waals surface area (Å²) in [5.41, 5.74) is 5.66. The molecule has 0 aliphatic carbocycles. The number of nitriles is 1. The second-order valence-corrected chi connectivity index (χ2v) is 6.78. The van der Waals surface area contributed by atoms with Crippen molar-refractivity contribution in [2.45, 2.75) is 19.4 Å². The van der Waals surface area contributed by atoms with Crippen molar-refractivity contribution in [3.8, 4) is 6.07 Å². The van der Waals surface area contributed by atoms with Gasteiger partial charge in [-0.05, 0) is 44.2 Å². The molecule has 1 aliphatic rings. The molecule has 0 saturated heterocycles. The number of carbonyl (C=O) groups excluding carboxylic acids is 2. The number of amides is 2. The molecule has 0 bridgehead atoms. The van der Waals surface area contributed by atoms with Crippen molar-refractivity contribution in [3.05, 3.63) is 59.2 Å². The Morgan fingerprint density at radius 2 is 2.13 bits per heavy atom. The van der Waals surface area contributed by atoms with E-state index in [2.05, 4.69) is 15.3 Å². The zero-order valence-electron chi connectivity index (χ0n) is 16.3. The van der Waals surface area contributed by atoms with Gasteiger partial charge in [-0.25, -0.2) is 9.37 Å². The lowest BCUT2D eigenvalue weighted by Crippen LogP contribution is -2.52. The first kappa shape index (κ1) is 22.8. The van der Waals surface area contributed by atoms with Gasteiger partial charge in [-0.2, -0.15) is 5.26 Å². The molecule has 8 nitrogen and oxygen atoms in total. The van der Waals surface area contributed by atoms with Gasteiger partial charge in [0, 0.05) is 24.0 Å². The van der Waals surface area contributed by atoms with Gasteiger partial charge in [0.1, 0.15) is 23.1 Å². The number of amidine groups is 1. The van der Waals surface area contributed by atoms with Gasteiger partial charge >= 0.3 is 0 Å². The number of rotatable bonds is 4. The highest BCUT2D eigenvalue weighted by Gasteiger charge is 2.38. The molecule has 1 aromatic heterocycles. The normalized spacial score (nSPS) is 18.1. The van der Waals surface area contributed by atoms with Gasteiger partial charge in [0.15, 0.2) is 5.84 Å². The molecule has 2 amide bonds. The van der Waals surface area contributed by atoms with E-state index >= 15 is 0 Å². The van der Waals surface area contributed by atoms with E-state index in [9.17, 15) is 14.0 Å². The van der Waals surface area contributed by atoms with Crippen LogP contribution in [0.4, 0.5) is 10.1 Å². The number of anilines is 1. The number of carbonyl (C=O) groups is 2. The summed E-state index contributed by atoms with van der Waals surface area (Å²) in [5.74, 6) is -1.60. The van der Waals surface area contributed by atoms with Gasteiger partial charge in [0.25, 0.3) is 11.8 Å². The number of hydrogen-bond acceptors (Lipinski definition) is 6. The van der Waals surface area contributed by atoms with Crippen molar-refractivity contribution in [2.75, 3.05) is 18.4 Å². The Hall–Kier alpha value is -3.51. The summed E-state index contributed by atoms with van der Waals surface area (Å²) in [6, 6.07) is 8.95. The summed E-state index contributed by atoms with van der Waals surface area (Å²) in [5, 5.41) is 11.5. The first-order valence-corrected chi connectivity index (χ1v) is 8.89. The van der Waals surface area contributed by atoms with Crippen LogP contribution in [-0.2, 0) is 10.3 Å². The van der Waals surface area contributed by atoms with E-state index < -0.39 is 17.3 Å². The Bertz CT molecular complexity index is 1050. The number of aromatic nitrogens is 1. The molecule has 10 heteroatoms. The lowest BCUT2D eigenvalue weighted by molar-refractivity contribution is -0.125. The summed E-state index contributed by atoms with van der Waals surface area (Å²) in [6.45, 7) is 4.05. The lowest BCUT2D eigenvalue weighted by Gasteiger charge is -2.37. The second kappa shape index (κ2) is 8.88. The summed E-state index contributed by atoms with van der Waals surface area (Å²) in [7, 11) is 0. The first-order valence-electron chi connectivity index (χ1n) is 8.89. The largest absolute Gasteiger partial charge is 0.379 e. The molecule has 1 unspecified atom stereocenters. The molecule has 0 saturated carbocycles. The van der Waals surface area contributed by atoms with Crippen molar-refractivity contribution in [1.29, 1.82) is 5.26 Å². The Labute approximate surface area is 179 Å². The van der Waals surface area contributed by atoms with E-state index in [4.69, 9.17) is 11.0 Å². The number of benzene rings is 1. The minimum atomic E-state index is -1.09. The minimum Gasteiger partial charge on any atom is -0.379 e. The molecule has 1 atom stereocenters. The molecule has 3 N–H and O–H groups in total. The highest BCUT2D eigenvalue weighted by atomic mass is 35.5. The van der Waals surface area contributed by atoms with Gasteiger partial charge in [-0.3, -0.25) is 14.6 Å². The fourth-order valence-corrected chi connectivity index (χ4v) is 3.16. The van der Waals surface area contributed by atoms with Crippen LogP contribution in [0.3, 0.4) is 0 Å². The van der Waals surface area contributed by atoms with Crippen molar-refractivity contribution < 1.29 is 14.0 Å². The number of nitrogens with two attached hydrogens (primary N) is 1. The zero-order valence-corrected chi connectivity index (χ0v) is 17.2. The highest BCUT2D eigenvalue weighted by molar-refractivity contribution is 6.37. The van der Waals surface area contributed by atoms with Crippen LogP contribution in [0.5, 0.6) is 0 Å². The topological polar surface area (TPSA) is 124 Å². The molecule has 2 aromatic rings. The van der Waals surface area contributed by atoms with Crippen LogP contribution in [0.25, 0.3) is 0 Å². The smallest absolute Gasteiger partial charge is 0.288 e. The van der Waals surface area contributed by atoms with Crippen LogP contribution in [0.2, 0.25) is 0 Å². The number of nitrogens with one attached hydrogen (secondary N) is 1. The Kier molecular flexibility index (Phi) is 6.74. The Morgan fingerprint density at radius 1 is 1.40 bits per heavy atom. The predicted molar refractivity (Wildman–Crippen MR) is 112 cm³/mol. The van der Waals surface area contributed by atoms with E-state index in [0.717, 1.165) is 0 Å². The number of likely N-dealkylation sites (N-methyl/N-ethyl adjacent to an activating group) is 1. The standard InChI is InChI=1S/C20H19FN6O2.ClH/c1-3-27-11-20(2,26-17(23)19(27)29)14-8-13(5-6-15(14)21)25-18(28)16-7-4-12(9-22)10-24-16;/h4-8,10H,3,11H2,1-2H3,(H2,23,26)(H,25,28);1H. The number of aliphatic imine (C=N–C) groups is 1. The van der Waals surface area contributed by atoms with E-state index in [-0.39, 0.29) is 42.0 Å². The highest BCUT2D eigenvalue weighted by Crippen LogP contribution is 2.33. The van der Waals surface area contributed by atoms with Gasteiger partial charge in [0.05, 0.1) is 12.1 Å². The third-order valence-corrected chi connectivity index (χ3v) is 4.68. The number of hydrogen-bond donors (Lipinski definition) is 2. The Morgan fingerprint density at radius 3 is 2.73 bits per heavy atom. The third-order valence-electron chi connectivity index (χ3n) is 4.68. The Balaban J connectivity index is 0.00000320. The van der Waals surface area contributed by atoms with Gasteiger partial charge in [-0.15, -0.1) is 12.4 Å². The fraction of sp³-hybridized carbons (Fsp3) is 0.250. The van der Waals surface area contributed by atoms with Crippen molar-refractivity contribution >= 4 is 35.7 Å². The zero-order chi connectivity index (χ0) is 21.2. The van der Waals surface area contributed by atoms with Gasteiger partial charge < -0.3 is 16.0 Å². The maximum atomic E-state index is 14.6. The quantitative estimate of drug-likeness (QED) is 0.769. The number of nitrogens with zero attached hydrogens (tertiary/aromatic N) is 4. The summed E-state index contributed by atoms with van der Waals surface area (Å²) >= 11 is 0. The average molecular weight is 431 g/mol. The summed E-state index contributed by atoms with van der Waals surface area (Å²) in [6.07, 6.45) is 1.29. The molecule has 0 radical (unpaired) electrons. The molecule has 0 fully saturated rings. The maximum Gasteiger partial charge on any atom is 0.288 e. The summed E-state index contributed by atoms with van der Waals surface area (Å²) in [4.78, 5) is 34.1. The van der Waals surface area contributed by atoms with Crippen LogP contribution < -0.4 is 11.1 Å². The van der Waals surface area contributed by atoms with E-state index in [0.29, 0.717) is 17.8 Å². The number of halogens is 2. The second-order valence-electron chi connectivity index (χ2n) is 6.78. The van der Waals surface area contributed by atoms with Crippen molar-refractivity contribution in [1.82, 2.24) is 9.88 Å². The molecular weight excluding hydrogens is 411 g/mol. The molecule has 3 rings (SSSR count). The van der Waals surface area contributed by atoms with Crippen LogP contribution in [0.1, 0.15) is 35.5 Å². The monoisotopic (exact) mass is 430 g/mol. The third kappa shape index (κ3) is 4.39. The van der Waals surface area contributed by atoms with Crippen LogP contribution in [0, 0.1) is 17.1 Å². The molecule has 2 heterocycles. The fourth-order valence-electron chi connectivity index (χ4n) is 3.16. The molecule has 30 heavy (non-hydrogen) atoms. The van der Waals surface area contributed by atoms with Crippen LogP contribution in [0.15, 0.2) is 41.5 Å². The molecular formula is C20H20ClFN6O2. The number of pyridine rings is 1. The molecule has 0 spiro atoms. The van der Waals surface area contributed by atoms with E-state index in [1.165, 1.54) is 41.4 Å². The van der Waals surface area contributed by atoms with Gasteiger partial charge in [-0.1, -0.05) is 0 Å². The van der Waals surface area contributed by atoms with E-state index in [1.807, 2.05) is 6.07 Å². The lowest BCUT2D eigenvalue weighted by atomic mass is 9.89. The van der Waals surface area contributed by atoms with Crippen LogP contribution in [-0.4, -0.2) is 40.6 Å². The van der Waals surface area contributed by atoms with Crippen molar-refractivity contribution in [2.24, 2.45) is 10.7 Å². The average Bonchev–Trinajstić information content (AvgIpc) is 2.72. The SMILES string of the molecule is CCN1CC(C)(c2cc(NC(=O)c3ccc(C#N)cn3)ccc2F)N=C(N)C1=O.Cl. The summed E-state index contributed by atoms with van der Waals surface area (Å²) < 4.78 is 14.6. The van der Waals surface area contributed by atoms with Gasteiger partial charge in [0.2, 0.25) is 0 Å². The predicted octanol–water partition coefficient (Wildman–Crippen LogP) is 2.20. The van der Waals surface area contributed by atoms with Crippen LogP contribution >= 0.6 is 12.4 Å². The maximum absolute atomic E-state index is 14.6. The van der Waals surface area contributed by atoms with E-state index in [1.54, 1.807) is 13.8 Å². The molecule has 1 aromatic carbocycles.